The highest BCUT2D eigenvalue weighted by Gasteiger charge is 2.08. The SMILES string of the molecule is C=CCNC(=O)Cn1nnc2ccccc2c1=O. The number of nitrogens with zero attached hydrogens (tertiary/aromatic N) is 3. The van der Waals surface area contributed by atoms with Gasteiger partial charge in [0.15, 0.2) is 0 Å². The molecular weight excluding hydrogens is 232 g/mol. The van der Waals surface area contributed by atoms with Gasteiger partial charge in [0, 0.05) is 6.54 Å². The first kappa shape index (κ1) is 12.0. The first-order valence-corrected chi connectivity index (χ1v) is 5.42. The largest absolute Gasteiger partial charge is 0.351 e. The number of fused-ring (bicyclic) bond motifs is 1. The van der Waals surface area contributed by atoms with Gasteiger partial charge < -0.3 is 5.32 Å². The molecule has 18 heavy (non-hydrogen) atoms. The highest BCUT2D eigenvalue weighted by molar-refractivity contribution is 5.78. The highest BCUT2D eigenvalue weighted by atomic mass is 16.2. The number of carbonyl (C=O) groups is 1. The third-order valence-corrected chi connectivity index (χ3v) is 2.37. The van der Waals surface area contributed by atoms with Crippen LogP contribution in [0.25, 0.3) is 10.9 Å². The summed E-state index contributed by atoms with van der Waals surface area (Å²) in [4.78, 5) is 23.5. The van der Waals surface area contributed by atoms with Gasteiger partial charge in [0.25, 0.3) is 5.56 Å². The van der Waals surface area contributed by atoms with E-state index in [0.717, 1.165) is 4.68 Å². The molecular formula is C12H12N4O2. The maximum absolute atomic E-state index is 12.0. The van der Waals surface area contributed by atoms with Crippen LogP contribution in [0, 0.1) is 0 Å². The maximum atomic E-state index is 12.0. The molecule has 0 spiro atoms. The lowest BCUT2D eigenvalue weighted by Gasteiger charge is -2.04. The summed E-state index contributed by atoms with van der Waals surface area (Å²) in [5.41, 5.74) is 0.194. The fourth-order valence-corrected chi connectivity index (χ4v) is 1.50. The molecule has 0 saturated carbocycles. The lowest BCUT2D eigenvalue weighted by Crippen LogP contribution is -2.34. The van der Waals surface area contributed by atoms with E-state index in [4.69, 9.17) is 0 Å². The zero-order chi connectivity index (χ0) is 13.0. The monoisotopic (exact) mass is 244 g/mol. The van der Waals surface area contributed by atoms with E-state index in [2.05, 4.69) is 22.2 Å². The molecule has 0 aliphatic carbocycles. The van der Waals surface area contributed by atoms with E-state index in [0.29, 0.717) is 17.4 Å². The predicted octanol–water partition coefficient (Wildman–Crippen LogP) is 0.0937. The van der Waals surface area contributed by atoms with Gasteiger partial charge in [-0.2, -0.15) is 0 Å². The quantitative estimate of drug-likeness (QED) is 0.773. The van der Waals surface area contributed by atoms with Gasteiger partial charge in [-0.3, -0.25) is 9.59 Å². The van der Waals surface area contributed by atoms with Crippen LogP contribution in [0.4, 0.5) is 0 Å². The first-order chi connectivity index (χ1) is 8.72. The van der Waals surface area contributed by atoms with Gasteiger partial charge >= 0.3 is 0 Å². The Bertz CT molecular complexity index is 648. The van der Waals surface area contributed by atoms with Crippen molar-refractivity contribution < 1.29 is 4.79 Å². The van der Waals surface area contributed by atoms with Gasteiger partial charge in [-0.1, -0.05) is 23.4 Å². The minimum Gasteiger partial charge on any atom is -0.351 e. The van der Waals surface area contributed by atoms with Crippen LogP contribution in [0.3, 0.4) is 0 Å². The number of nitrogens with one attached hydrogen (secondary N) is 1. The van der Waals surface area contributed by atoms with Crippen LogP contribution in [0.5, 0.6) is 0 Å². The van der Waals surface area contributed by atoms with E-state index in [9.17, 15) is 9.59 Å². The van der Waals surface area contributed by atoms with E-state index in [-0.39, 0.29) is 18.0 Å². The molecule has 2 rings (SSSR count). The van der Waals surface area contributed by atoms with Crippen LogP contribution in [-0.2, 0) is 11.3 Å². The summed E-state index contributed by atoms with van der Waals surface area (Å²) in [6.45, 7) is 3.69. The number of hydrogen-bond donors (Lipinski definition) is 1. The van der Waals surface area contributed by atoms with Gasteiger partial charge in [-0.25, -0.2) is 4.68 Å². The molecule has 1 aromatic heterocycles. The van der Waals surface area contributed by atoms with Crippen LogP contribution < -0.4 is 10.9 Å². The van der Waals surface area contributed by atoms with Gasteiger partial charge in [0.1, 0.15) is 12.1 Å². The lowest BCUT2D eigenvalue weighted by molar-refractivity contribution is -0.121. The summed E-state index contributed by atoms with van der Waals surface area (Å²) in [5, 5.41) is 10.6. The van der Waals surface area contributed by atoms with Crippen LogP contribution in [0.2, 0.25) is 0 Å². The summed E-state index contributed by atoms with van der Waals surface area (Å²) in [6, 6.07) is 6.88. The minimum absolute atomic E-state index is 0.148. The Morgan fingerprint density at radius 2 is 2.22 bits per heavy atom. The molecule has 0 atom stereocenters. The van der Waals surface area contributed by atoms with Crippen LogP contribution in [0.15, 0.2) is 41.7 Å². The smallest absolute Gasteiger partial charge is 0.278 e. The Labute approximate surface area is 103 Å². The Morgan fingerprint density at radius 1 is 1.44 bits per heavy atom. The summed E-state index contributed by atoms with van der Waals surface area (Å²) >= 11 is 0. The van der Waals surface area contributed by atoms with E-state index < -0.39 is 0 Å². The van der Waals surface area contributed by atoms with Crippen molar-refractivity contribution in [3.05, 3.63) is 47.3 Å². The van der Waals surface area contributed by atoms with Crippen molar-refractivity contribution in [2.24, 2.45) is 0 Å². The third-order valence-electron chi connectivity index (χ3n) is 2.37. The van der Waals surface area contributed by atoms with Crippen molar-refractivity contribution in [1.29, 1.82) is 0 Å². The topological polar surface area (TPSA) is 76.9 Å². The minimum atomic E-state index is -0.325. The zero-order valence-electron chi connectivity index (χ0n) is 9.67. The standard InChI is InChI=1S/C12H12N4O2/c1-2-7-13-11(17)8-16-12(18)9-5-3-4-6-10(9)14-15-16/h2-6H,1,7-8H2,(H,13,17). The summed E-state index contributed by atoms with van der Waals surface area (Å²) in [5.74, 6) is -0.304. The molecule has 0 aliphatic heterocycles. The molecule has 0 radical (unpaired) electrons. The van der Waals surface area contributed by atoms with Crippen molar-refractivity contribution >= 4 is 16.8 Å². The van der Waals surface area contributed by atoms with E-state index in [1.54, 1.807) is 30.3 Å². The molecule has 6 heteroatoms. The molecule has 0 fully saturated rings. The summed E-state index contributed by atoms with van der Waals surface area (Å²) in [6.07, 6.45) is 1.56. The van der Waals surface area contributed by atoms with Crippen LogP contribution in [-0.4, -0.2) is 27.4 Å². The molecule has 0 bridgehead atoms. The summed E-state index contributed by atoms with van der Waals surface area (Å²) < 4.78 is 1.04. The second kappa shape index (κ2) is 5.22. The molecule has 1 N–H and O–H groups in total. The fraction of sp³-hybridized carbons (Fsp3) is 0.167. The number of carbonyl (C=O) groups excluding carboxylic acids is 1. The van der Waals surface area contributed by atoms with Gasteiger partial charge in [0.2, 0.25) is 5.91 Å². The molecule has 1 aromatic carbocycles. The number of benzene rings is 1. The Hall–Kier alpha value is -2.50. The number of rotatable bonds is 4. The first-order valence-electron chi connectivity index (χ1n) is 5.42. The van der Waals surface area contributed by atoms with E-state index >= 15 is 0 Å². The van der Waals surface area contributed by atoms with Crippen molar-refractivity contribution in [2.45, 2.75) is 6.54 Å². The zero-order valence-corrected chi connectivity index (χ0v) is 9.67. The summed E-state index contributed by atoms with van der Waals surface area (Å²) in [7, 11) is 0. The van der Waals surface area contributed by atoms with Gasteiger partial charge in [0.05, 0.1) is 5.39 Å². The van der Waals surface area contributed by atoms with Gasteiger partial charge in [-0.05, 0) is 12.1 Å². The maximum Gasteiger partial charge on any atom is 0.278 e. The lowest BCUT2D eigenvalue weighted by atomic mass is 10.2. The fourth-order valence-electron chi connectivity index (χ4n) is 1.50. The molecule has 0 unspecified atom stereocenters. The molecule has 0 saturated heterocycles. The molecule has 6 nitrogen and oxygen atoms in total. The van der Waals surface area contributed by atoms with Crippen molar-refractivity contribution in [3.63, 3.8) is 0 Å². The van der Waals surface area contributed by atoms with E-state index in [1.807, 2.05) is 0 Å². The second-order valence-corrected chi connectivity index (χ2v) is 3.66. The Morgan fingerprint density at radius 3 is 3.00 bits per heavy atom. The highest BCUT2D eigenvalue weighted by Crippen LogP contribution is 2.02. The van der Waals surface area contributed by atoms with Crippen molar-refractivity contribution in [3.8, 4) is 0 Å². The second-order valence-electron chi connectivity index (χ2n) is 3.66. The average molecular weight is 244 g/mol. The molecule has 0 aliphatic rings. The number of amides is 1. The normalized spacial score (nSPS) is 10.2. The molecule has 2 aromatic rings. The molecule has 92 valence electrons. The number of hydrogen-bond acceptors (Lipinski definition) is 4. The molecule has 1 heterocycles. The van der Waals surface area contributed by atoms with Gasteiger partial charge in [-0.15, -0.1) is 11.7 Å². The third kappa shape index (κ3) is 2.42. The van der Waals surface area contributed by atoms with E-state index in [1.165, 1.54) is 0 Å². The predicted molar refractivity (Wildman–Crippen MR) is 67.0 cm³/mol. The van der Waals surface area contributed by atoms with Crippen LogP contribution in [0.1, 0.15) is 0 Å². The Balaban J connectivity index is 2.29. The van der Waals surface area contributed by atoms with Crippen molar-refractivity contribution in [2.75, 3.05) is 6.54 Å². The van der Waals surface area contributed by atoms with Crippen molar-refractivity contribution in [1.82, 2.24) is 20.3 Å². The molecule has 1 amide bonds. The average Bonchev–Trinajstić information content (AvgIpc) is 2.40. The van der Waals surface area contributed by atoms with Crippen LogP contribution >= 0.6 is 0 Å². The Kier molecular flexibility index (Phi) is 3.47. The number of aromatic nitrogens is 3.